The molecule has 0 radical (unpaired) electrons. The lowest BCUT2D eigenvalue weighted by atomic mass is 10.1. The van der Waals surface area contributed by atoms with E-state index in [0.29, 0.717) is 6.42 Å². The van der Waals surface area contributed by atoms with Crippen LogP contribution in [0.25, 0.3) is 0 Å². The van der Waals surface area contributed by atoms with Gasteiger partial charge in [-0.1, -0.05) is 45.4 Å². The minimum atomic E-state index is -1.26. The Labute approximate surface area is 218 Å². The lowest BCUT2D eigenvalue weighted by molar-refractivity contribution is -0.0838. The van der Waals surface area contributed by atoms with Crippen LogP contribution in [0.3, 0.4) is 0 Å². The summed E-state index contributed by atoms with van der Waals surface area (Å²) in [5, 5.41) is 0. The van der Waals surface area contributed by atoms with Crippen LogP contribution >= 0.6 is 0 Å². The minimum Gasteiger partial charge on any atom is -0.422 e. The molecule has 2 aromatic rings. The monoisotopic (exact) mass is 522 g/mol. The molecule has 10 nitrogen and oxygen atoms in total. The maximum atomic E-state index is 12.9. The molecule has 2 aliphatic heterocycles. The van der Waals surface area contributed by atoms with E-state index in [0.717, 1.165) is 38.5 Å². The third-order valence-electron chi connectivity index (χ3n) is 6.28. The second-order valence-corrected chi connectivity index (χ2v) is 9.02. The molecule has 2 aliphatic rings. The number of cyclic esters (lactones) is 4. The summed E-state index contributed by atoms with van der Waals surface area (Å²) < 4.78 is 20.0. The molecule has 10 heteroatoms. The summed E-state index contributed by atoms with van der Waals surface area (Å²) in [6.07, 6.45) is 5.92. The Balaban J connectivity index is 1.44. The first-order valence-electron chi connectivity index (χ1n) is 12.5. The van der Waals surface area contributed by atoms with Crippen LogP contribution in [0.15, 0.2) is 36.4 Å². The average molecular weight is 523 g/mol. The van der Waals surface area contributed by atoms with Gasteiger partial charge in [0, 0.05) is 6.42 Å². The number of rotatable bonds is 12. The van der Waals surface area contributed by atoms with Crippen molar-refractivity contribution in [1.29, 1.82) is 0 Å². The van der Waals surface area contributed by atoms with Crippen molar-refractivity contribution in [2.45, 2.75) is 64.6 Å². The lowest BCUT2D eigenvalue weighted by Gasteiger charge is -2.19. The fraction of sp³-hybridized carbons (Fsp3) is 0.357. The summed E-state index contributed by atoms with van der Waals surface area (Å²) in [6, 6.07) is 7.61. The molecule has 4 rings (SSSR count). The Morgan fingerprint density at radius 1 is 0.632 bits per heavy atom. The number of esters is 6. The maximum Gasteiger partial charge on any atom is 0.346 e. The summed E-state index contributed by atoms with van der Waals surface area (Å²) >= 11 is 0. The van der Waals surface area contributed by atoms with Gasteiger partial charge in [0.05, 0.1) is 33.4 Å². The van der Waals surface area contributed by atoms with E-state index >= 15 is 0 Å². The molecule has 0 N–H and O–H groups in total. The van der Waals surface area contributed by atoms with E-state index in [2.05, 4.69) is 16.4 Å². The first kappa shape index (κ1) is 26.7. The topological polar surface area (TPSA) is 139 Å². The Morgan fingerprint density at radius 2 is 1.05 bits per heavy atom. The Morgan fingerprint density at radius 3 is 1.53 bits per heavy atom. The van der Waals surface area contributed by atoms with Crippen molar-refractivity contribution in [3.05, 3.63) is 69.8 Å². The van der Waals surface area contributed by atoms with Crippen LogP contribution in [0.5, 0.6) is 0 Å². The van der Waals surface area contributed by atoms with Gasteiger partial charge in [0.15, 0.2) is 0 Å². The molecule has 0 bridgehead atoms. The number of fused-ring (bicyclic) bond motifs is 2. The molecule has 0 amide bonds. The standard InChI is InChI=1S/C28H26O10/c1-2-3-4-5-6-7-8-9-22(35-23(29)16-10-12-18-20(14-16)27(33)37-25(18)31)36-24(30)17-11-13-19-21(15-17)28(34)38-26(19)32/h10-15,22H,2-9H2,1H3. The summed E-state index contributed by atoms with van der Waals surface area (Å²) in [7, 11) is 0. The second-order valence-electron chi connectivity index (χ2n) is 9.02. The van der Waals surface area contributed by atoms with Crippen LogP contribution in [0.4, 0.5) is 0 Å². The maximum absolute atomic E-state index is 12.9. The Bertz CT molecular complexity index is 1220. The van der Waals surface area contributed by atoms with Gasteiger partial charge < -0.3 is 18.9 Å². The van der Waals surface area contributed by atoms with Crippen LogP contribution in [0.2, 0.25) is 0 Å². The number of carbonyl (C=O) groups is 6. The lowest BCUT2D eigenvalue weighted by Crippen LogP contribution is -2.25. The first-order chi connectivity index (χ1) is 18.3. The van der Waals surface area contributed by atoms with Gasteiger partial charge in [-0.25, -0.2) is 28.8 Å². The molecule has 2 aromatic carbocycles. The third-order valence-corrected chi connectivity index (χ3v) is 6.28. The van der Waals surface area contributed by atoms with Crippen LogP contribution < -0.4 is 0 Å². The zero-order valence-corrected chi connectivity index (χ0v) is 20.8. The molecule has 0 aromatic heterocycles. The van der Waals surface area contributed by atoms with Crippen LogP contribution in [0, 0.1) is 0 Å². The highest BCUT2D eigenvalue weighted by atomic mass is 16.7. The van der Waals surface area contributed by atoms with E-state index in [-0.39, 0.29) is 39.8 Å². The quantitative estimate of drug-likeness (QED) is 0.126. The molecule has 0 saturated heterocycles. The van der Waals surface area contributed by atoms with E-state index < -0.39 is 42.1 Å². The number of benzene rings is 2. The highest BCUT2D eigenvalue weighted by molar-refractivity contribution is 6.16. The third kappa shape index (κ3) is 5.96. The number of hydrogen-bond acceptors (Lipinski definition) is 10. The van der Waals surface area contributed by atoms with Crippen LogP contribution in [0.1, 0.15) is 120 Å². The summed E-state index contributed by atoms with van der Waals surface area (Å²) in [6.45, 7) is 2.14. The first-order valence-corrected chi connectivity index (χ1v) is 12.5. The SMILES string of the molecule is CCCCCCCCCC(OC(=O)c1ccc2c(c1)C(=O)OC2=O)OC(=O)c1ccc2c(c1)C(=O)OC2=O. The molecule has 38 heavy (non-hydrogen) atoms. The summed E-state index contributed by atoms with van der Waals surface area (Å²) in [4.78, 5) is 72.7. The minimum absolute atomic E-state index is 0.0187. The van der Waals surface area contributed by atoms with E-state index in [1.807, 2.05) is 0 Å². The van der Waals surface area contributed by atoms with Crippen molar-refractivity contribution in [3.8, 4) is 0 Å². The number of hydrogen-bond donors (Lipinski definition) is 0. The summed E-state index contributed by atoms with van der Waals surface area (Å²) in [5.74, 6) is -5.03. The van der Waals surface area contributed by atoms with E-state index in [1.54, 1.807) is 0 Å². The molecule has 0 spiro atoms. The van der Waals surface area contributed by atoms with Crippen LogP contribution in [-0.4, -0.2) is 42.1 Å². The molecule has 2 heterocycles. The van der Waals surface area contributed by atoms with E-state index in [4.69, 9.17) is 9.47 Å². The van der Waals surface area contributed by atoms with Gasteiger partial charge in [-0.15, -0.1) is 0 Å². The molecule has 0 aliphatic carbocycles. The molecular formula is C28H26O10. The fourth-order valence-electron chi connectivity index (χ4n) is 4.21. The Kier molecular flexibility index (Phi) is 8.30. The van der Waals surface area contributed by atoms with Gasteiger partial charge in [-0.05, 0) is 42.8 Å². The zero-order chi connectivity index (χ0) is 27.2. The van der Waals surface area contributed by atoms with Crippen molar-refractivity contribution in [2.24, 2.45) is 0 Å². The molecule has 0 atom stereocenters. The highest BCUT2D eigenvalue weighted by Gasteiger charge is 2.32. The largest absolute Gasteiger partial charge is 0.422 e. The van der Waals surface area contributed by atoms with E-state index in [9.17, 15) is 28.8 Å². The second kappa shape index (κ2) is 11.8. The van der Waals surface area contributed by atoms with Crippen molar-refractivity contribution in [2.75, 3.05) is 0 Å². The molecule has 198 valence electrons. The van der Waals surface area contributed by atoms with Crippen molar-refractivity contribution >= 4 is 35.8 Å². The number of carbonyl (C=O) groups excluding carboxylic acids is 6. The fourth-order valence-corrected chi connectivity index (χ4v) is 4.21. The van der Waals surface area contributed by atoms with Crippen molar-refractivity contribution in [1.82, 2.24) is 0 Å². The zero-order valence-electron chi connectivity index (χ0n) is 20.8. The van der Waals surface area contributed by atoms with Gasteiger partial charge in [0.1, 0.15) is 0 Å². The molecule has 0 unspecified atom stereocenters. The van der Waals surface area contributed by atoms with Gasteiger partial charge in [-0.2, -0.15) is 0 Å². The van der Waals surface area contributed by atoms with Crippen molar-refractivity contribution in [3.63, 3.8) is 0 Å². The van der Waals surface area contributed by atoms with Crippen molar-refractivity contribution < 1.29 is 47.7 Å². The van der Waals surface area contributed by atoms with Gasteiger partial charge in [-0.3, -0.25) is 0 Å². The van der Waals surface area contributed by atoms with Gasteiger partial charge >= 0.3 is 35.8 Å². The Hall–Kier alpha value is -4.34. The van der Waals surface area contributed by atoms with E-state index in [1.165, 1.54) is 36.4 Å². The molecule has 0 fully saturated rings. The number of ether oxygens (including phenoxy) is 4. The number of unbranched alkanes of at least 4 members (excludes halogenated alkanes) is 6. The predicted octanol–water partition coefficient (Wildman–Crippen LogP) is 4.79. The average Bonchev–Trinajstić information content (AvgIpc) is 3.35. The normalized spacial score (nSPS) is 13.7. The predicted molar refractivity (Wildman–Crippen MR) is 130 cm³/mol. The smallest absolute Gasteiger partial charge is 0.346 e. The molecule has 0 saturated carbocycles. The highest BCUT2D eigenvalue weighted by Crippen LogP contribution is 2.24. The molecular weight excluding hydrogens is 496 g/mol. The summed E-state index contributed by atoms with van der Waals surface area (Å²) in [5.41, 5.74) is -0.0451. The van der Waals surface area contributed by atoms with Crippen LogP contribution in [-0.2, 0) is 18.9 Å². The van der Waals surface area contributed by atoms with Gasteiger partial charge in [0.2, 0.25) is 6.29 Å². The van der Waals surface area contributed by atoms with Gasteiger partial charge in [0.25, 0.3) is 0 Å².